The molecule has 0 radical (unpaired) electrons. The summed E-state index contributed by atoms with van der Waals surface area (Å²) in [6, 6.07) is 5.60. The molecule has 0 aliphatic heterocycles. The Morgan fingerprint density at radius 2 is 2.24 bits per heavy atom. The molecule has 90 valence electrons. The molecule has 0 aliphatic carbocycles. The number of nitrogens with one attached hydrogen (secondary N) is 1. The fourth-order valence-electron chi connectivity index (χ4n) is 1.58. The van der Waals surface area contributed by atoms with Gasteiger partial charge >= 0.3 is 0 Å². The van der Waals surface area contributed by atoms with Crippen molar-refractivity contribution in [2.75, 3.05) is 12.4 Å². The van der Waals surface area contributed by atoms with Crippen LogP contribution in [0.5, 0.6) is 5.88 Å². The van der Waals surface area contributed by atoms with E-state index in [2.05, 4.69) is 20.5 Å². The van der Waals surface area contributed by atoms with Crippen LogP contribution in [0.15, 0.2) is 24.5 Å². The Morgan fingerprint density at radius 3 is 2.88 bits per heavy atom. The molecule has 6 heteroatoms. The van der Waals surface area contributed by atoms with E-state index in [1.54, 1.807) is 19.5 Å². The van der Waals surface area contributed by atoms with Gasteiger partial charge in [-0.2, -0.15) is 4.98 Å². The van der Waals surface area contributed by atoms with Crippen LogP contribution in [-0.4, -0.2) is 26.9 Å². The normalized spacial score (nSPS) is 12.2. The van der Waals surface area contributed by atoms with Crippen LogP contribution in [0.2, 0.25) is 0 Å². The summed E-state index contributed by atoms with van der Waals surface area (Å²) in [6.45, 7) is 2.01. The number of hydrogen-bond donors (Lipinski definition) is 1. The van der Waals surface area contributed by atoms with Crippen molar-refractivity contribution in [1.82, 2.24) is 19.7 Å². The molecule has 1 unspecified atom stereocenters. The molecule has 0 spiro atoms. The minimum absolute atomic E-state index is 0.0297. The third-order valence-electron chi connectivity index (χ3n) is 2.43. The van der Waals surface area contributed by atoms with E-state index in [-0.39, 0.29) is 6.04 Å². The lowest BCUT2D eigenvalue weighted by Gasteiger charge is -2.13. The Balaban J connectivity index is 2.13. The van der Waals surface area contributed by atoms with Gasteiger partial charge in [-0.15, -0.1) is 10.2 Å². The molecular weight excluding hydrogens is 218 g/mol. The number of nitrogens with zero attached hydrogens (tertiary/aromatic N) is 4. The van der Waals surface area contributed by atoms with Gasteiger partial charge in [0, 0.05) is 13.1 Å². The quantitative estimate of drug-likeness (QED) is 0.864. The van der Waals surface area contributed by atoms with Gasteiger partial charge in [-0.05, 0) is 13.0 Å². The van der Waals surface area contributed by atoms with Crippen molar-refractivity contribution in [2.24, 2.45) is 7.05 Å². The van der Waals surface area contributed by atoms with E-state index >= 15 is 0 Å². The first kappa shape index (κ1) is 11.4. The number of aromatic nitrogens is 4. The predicted molar refractivity (Wildman–Crippen MR) is 63.8 cm³/mol. The third-order valence-corrected chi connectivity index (χ3v) is 2.43. The van der Waals surface area contributed by atoms with E-state index < -0.39 is 0 Å². The first-order chi connectivity index (χ1) is 8.20. The first-order valence-corrected chi connectivity index (χ1v) is 5.32. The second-order valence-electron chi connectivity index (χ2n) is 3.73. The highest BCUT2D eigenvalue weighted by Gasteiger charge is 2.11. The van der Waals surface area contributed by atoms with Gasteiger partial charge in [0.15, 0.2) is 5.82 Å². The average Bonchev–Trinajstić information content (AvgIpc) is 2.76. The molecule has 0 amide bonds. The van der Waals surface area contributed by atoms with Crippen LogP contribution in [0.25, 0.3) is 0 Å². The fraction of sp³-hybridized carbons (Fsp3) is 0.364. The maximum absolute atomic E-state index is 5.07. The first-order valence-electron chi connectivity index (χ1n) is 5.32. The van der Waals surface area contributed by atoms with Crippen molar-refractivity contribution in [2.45, 2.75) is 13.0 Å². The summed E-state index contributed by atoms with van der Waals surface area (Å²) < 4.78 is 6.94. The van der Waals surface area contributed by atoms with Crippen LogP contribution in [0, 0.1) is 0 Å². The average molecular weight is 233 g/mol. The minimum atomic E-state index is 0.0297. The standard InChI is InChI=1S/C11H15N5O/c1-8(11-15-12-7-16(11)2)13-9-5-4-6-10(14-9)17-3/h4-8H,1-3H3,(H,13,14). The van der Waals surface area contributed by atoms with Gasteiger partial charge in [-0.25, -0.2) is 0 Å². The largest absolute Gasteiger partial charge is 0.481 e. The van der Waals surface area contributed by atoms with Gasteiger partial charge in [0.2, 0.25) is 5.88 Å². The monoisotopic (exact) mass is 233 g/mol. The van der Waals surface area contributed by atoms with Crippen molar-refractivity contribution in [3.8, 4) is 5.88 Å². The molecule has 6 nitrogen and oxygen atoms in total. The Kier molecular flexibility index (Phi) is 3.22. The molecule has 0 saturated heterocycles. The Labute approximate surface area is 99.7 Å². The molecule has 2 aromatic rings. The molecule has 2 rings (SSSR count). The van der Waals surface area contributed by atoms with Crippen LogP contribution >= 0.6 is 0 Å². The molecule has 0 fully saturated rings. The topological polar surface area (TPSA) is 64.9 Å². The van der Waals surface area contributed by atoms with Gasteiger partial charge in [0.25, 0.3) is 0 Å². The predicted octanol–water partition coefficient (Wildman–Crippen LogP) is 1.39. The number of ether oxygens (including phenoxy) is 1. The van der Waals surface area contributed by atoms with E-state index in [0.29, 0.717) is 5.88 Å². The third kappa shape index (κ3) is 2.52. The molecule has 0 aromatic carbocycles. The van der Waals surface area contributed by atoms with E-state index in [1.807, 2.05) is 30.7 Å². The highest BCUT2D eigenvalue weighted by molar-refractivity contribution is 5.38. The summed E-state index contributed by atoms with van der Waals surface area (Å²) in [7, 11) is 3.50. The Morgan fingerprint density at radius 1 is 1.41 bits per heavy atom. The molecule has 2 heterocycles. The zero-order valence-electron chi connectivity index (χ0n) is 10.1. The maximum atomic E-state index is 5.07. The molecule has 1 atom stereocenters. The maximum Gasteiger partial charge on any atom is 0.214 e. The number of anilines is 1. The van der Waals surface area contributed by atoms with Gasteiger partial charge in [0.05, 0.1) is 13.2 Å². The highest BCUT2D eigenvalue weighted by atomic mass is 16.5. The zero-order chi connectivity index (χ0) is 12.3. The summed E-state index contributed by atoms with van der Waals surface area (Å²) in [5.74, 6) is 2.19. The Hall–Kier alpha value is -2.11. The number of pyridine rings is 1. The van der Waals surface area contributed by atoms with Gasteiger partial charge < -0.3 is 14.6 Å². The number of rotatable bonds is 4. The van der Waals surface area contributed by atoms with Crippen molar-refractivity contribution in [3.63, 3.8) is 0 Å². The van der Waals surface area contributed by atoms with Crippen LogP contribution in [-0.2, 0) is 7.05 Å². The van der Waals surface area contributed by atoms with Crippen molar-refractivity contribution in [3.05, 3.63) is 30.4 Å². The number of methoxy groups -OCH3 is 1. The lowest BCUT2D eigenvalue weighted by molar-refractivity contribution is 0.398. The van der Waals surface area contributed by atoms with Gasteiger partial charge in [-0.1, -0.05) is 6.07 Å². The van der Waals surface area contributed by atoms with Gasteiger partial charge in [0.1, 0.15) is 12.1 Å². The lowest BCUT2D eigenvalue weighted by atomic mass is 10.3. The zero-order valence-corrected chi connectivity index (χ0v) is 10.1. The SMILES string of the molecule is COc1cccc(NC(C)c2nncn2C)n1. The van der Waals surface area contributed by atoms with E-state index in [4.69, 9.17) is 4.74 Å². The highest BCUT2D eigenvalue weighted by Crippen LogP contribution is 2.17. The van der Waals surface area contributed by atoms with E-state index in [0.717, 1.165) is 11.6 Å². The summed E-state index contributed by atoms with van der Waals surface area (Å²) in [6.07, 6.45) is 1.67. The molecule has 1 N–H and O–H groups in total. The summed E-state index contributed by atoms with van der Waals surface area (Å²) in [4.78, 5) is 4.28. The van der Waals surface area contributed by atoms with Crippen LogP contribution in [0.4, 0.5) is 5.82 Å². The van der Waals surface area contributed by atoms with Crippen molar-refractivity contribution >= 4 is 5.82 Å². The van der Waals surface area contributed by atoms with Crippen molar-refractivity contribution in [1.29, 1.82) is 0 Å². The minimum Gasteiger partial charge on any atom is -0.481 e. The summed E-state index contributed by atoms with van der Waals surface area (Å²) in [5.41, 5.74) is 0. The van der Waals surface area contributed by atoms with Crippen LogP contribution in [0.1, 0.15) is 18.8 Å². The van der Waals surface area contributed by atoms with Crippen LogP contribution in [0.3, 0.4) is 0 Å². The lowest BCUT2D eigenvalue weighted by Crippen LogP contribution is -2.12. The number of hydrogen-bond acceptors (Lipinski definition) is 5. The van der Waals surface area contributed by atoms with Crippen LogP contribution < -0.4 is 10.1 Å². The molecule has 0 bridgehead atoms. The second-order valence-corrected chi connectivity index (χ2v) is 3.73. The van der Waals surface area contributed by atoms with E-state index in [9.17, 15) is 0 Å². The molecular formula is C11H15N5O. The smallest absolute Gasteiger partial charge is 0.214 e. The molecule has 0 aliphatic rings. The Bertz CT molecular complexity index is 496. The van der Waals surface area contributed by atoms with Gasteiger partial charge in [-0.3, -0.25) is 0 Å². The van der Waals surface area contributed by atoms with Crippen molar-refractivity contribution < 1.29 is 4.74 Å². The summed E-state index contributed by atoms with van der Waals surface area (Å²) in [5, 5.41) is 11.1. The second kappa shape index (κ2) is 4.82. The summed E-state index contributed by atoms with van der Waals surface area (Å²) >= 11 is 0. The molecule has 17 heavy (non-hydrogen) atoms. The molecule has 0 saturated carbocycles. The fourth-order valence-corrected chi connectivity index (χ4v) is 1.58. The molecule has 2 aromatic heterocycles. The van der Waals surface area contributed by atoms with E-state index in [1.165, 1.54) is 0 Å². The number of aryl methyl sites for hydroxylation is 1.